The molecule has 0 amide bonds. The van der Waals surface area contributed by atoms with Gasteiger partial charge in [0.15, 0.2) is 0 Å². The van der Waals surface area contributed by atoms with Crippen molar-refractivity contribution < 1.29 is 5.11 Å². The first-order valence-electron chi connectivity index (χ1n) is 3.45. The summed E-state index contributed by atoms with van der Waals surface area (Å²) in [6.07, 6.45) is 6.55. The van der Waals surface area contributed by atoms with E-state index in [1.54, 1.807) is 12.2 Å². The Labute approximate surface area is 63.4 Å². The molecule has 0 aromatic heterocycles. The van der Waals surface area contributed by atoms with E-state index in [9.17, 15) is 0 Å². The van der Waals surface area contributed by atoms with E-state index in [0.717, 1.165) is 0 Å². The van der Waals surface area contributed by atoms with Gasteiger partial charge in [0.2, 0.25) is 0 Å². The van der Waals surface area contributed by atoms with Crippen LogP contribution in [0.4, 0.5) is 0 Å². The van der Waals surface area contributed by atoms with Crippen LogP contribution < -0.4 is 0 Å². The fourth-order valence-corrected chi connectivity index (χ4v) is 0.263. The number of aliphatic hydroxyl groups is 1. The third-order valence-electron chi connectivity index (χ3n) is 0.669. The molecule has 0 unspecified atom stereocenters. The molecule has 0 aromatic carbocycles. The van der Waals surface area contributed by atoms with Crippen molar-refractivity contribution in [1.82, 2.24) is 0 Å². The fourth-order valence-electron chi connectivity index (χ4n) is 0.263. The molecule has 0 aliphatic carbocycles. The van der Waals surface area contributed by atoms with Gasteiger partial charge in [-0.3, -0.25) is 0 Å². The Morgan fingerprint density at radius 3 is 2.20 bits per heavy atom. The first-order valence-corrected chi connectivity index (χ1v) is 3.45. The number of aliphatic hydroxyl groups excluding tert-OH is 1. The van der Waals surface area contributed by atoms with Crippen molar-refractivity contribution in [2.75, 3.05) is 0 Å². The minimum Gasteiger partial charge on any atom is -0.508 e. The SMILES string of the molecule is C=C/C(O)=C\C=C/C.CC. The monoisotopic (exact) mass is 140 g/mol. The van der Waals surface area contributed by atoms with Crippen molar-refractivity contribution in [3.05, 3.63) is 36.6 Å². The highest BCUT2D eigenvalue weighted by Gasteiger charge is 1.73. The van der Waals surface area contributed by atoms with Gasteiger partial charge < -0.3 is 5.11 Å². The minimum atomic E-state index is 0.197. The predicted octanol–water partition coefficient (Wildman–Crippen LogP) is 3.22. The zero-order valence-corrected chi connectivity index (χ0v) is 6.96. The normalized spacial score (nSPS) is 10.5. The molecule has 0 radical (unpaired) electrons. The summed E-state index contributed by atoms with van der Waals surface area (Å²) in [4.78, 5) is 0. The number of hydrogen-bond acceptors (Lipinski definition) is 1. The van der Waals surface area contributed by atoms with Crippen LogP contribution in [-0.4, -0.2) is 5.11 Å². The summed E-state index contributed by atoms with van der Waals surface area (Å²) >= 11 is 0. The van der Waals surface area contributed by atoms with Gasteiger partial charge in [-0.2, -0.15) is 0 Å². The van der Waals surface area contributed by atoms with Crippen molar-refractivity contribution >= 4 is 0 Å². The van der Waals surface area contributed by atoms with E-state index in [1.807, 2.05) is 26.8 Å². The number of hydrogen-bond donors (Lipinski definition) is 1. The van der Waals surface area contributed by atoms with Gasteiger partial charge in [0.1, 0.15) is 5.76 Å². The van der Waals surface area contributed by atoms with Crippen LogP contribution in [-0.2, 0) is 0 Å². The molecule has 1 N–H and O–H groups in total. The standard InChI is InChI=1S/C7H10O.C2H6/c1-3-5-6-7(8)4-2;1-2/h3-6,8H,2H2,1H3;1-2H3/b5-3-,7-6+;. The second-order valence-electron chi connectivity index (χ2n) is 1.32. The molecule has 0 bridgehead atoms. The molecule has 0 spiro atoms. The molecule has 0 aromatic rings. The summed E-state index contributed by atoms with van der Waals surface area (Å²) < 4.78 is 0. The highest BCUT2D eigenvalue weighted by atomic mass is 16.3. The van der Waals surface area contributed by atoms with Crippen molar-refractivity contribution in [2.45, 2.75) is 20.8 Å². The van der Waals surface area contributed by atoms with Crippen molar-refractivity contribution in [2.24, 2.45) is 0 Å². The first kappa shape index (κ1) is 11.8. The summed E-state index contributed by atoms with van der Waals surface area (Å²) in [6, 6.07) is 0. The molecule has 0 saturated heterocycles. The minimum absolute atomic E-state index is 0.197. The molecule has 0 saturated carbocycles. The molecule has 0 aliphatic rings. The van der Waals surface area contributed by atoms with Gasteiger partial charge in [-0.15, -0.1) is 0 Å². The van der Waals surface area contributed by atoms with Gasteiger partial charge in [0.25, 0.3) is 0 Å². The average Bonchev–Trinajstić information content (AvgIpc) is 2.04. The van der Waals surface area contributed by atoms with Crippen molar-refractivity contribution in [1.29, 1.82) is 0 Å². The highest BCUT2D eigenvalue weighted by molar-refractivity contribution is 5.14. The van der Waals surface area contributed by atoms with Crippen LogP contribution in [0, 0.1) is 0 Å². The lowest BCUT2D eigenvalue weighted by atomic mass is 10.4. The van der Waals surface area contributed by atoms with Crippen LogP contribution in [0.25, 0.3) is 0 Å². The van der Waals surface area contributed by atoms with E-state index in [0.29, 0.717) is 0 Å². The smallest absolute Gasteiger partial charge is 0.114 e. The van der Waals surface area contributed by atoms with E-state index >= 15 is 0 Å². The van der Waals surface area contributed by atoms with Gasteiger partial charge >= 0.3 is 0 Å². The second kappa shape index (κ2) is 10.9. The van der Waals surface area contributed by atoms with E-state index in [1.165, 1.54) is 6.08 Å². The van der Waals surface area contributed by atoms with Gasteiger partial charge in [-0.25, -0.2) is 0 Å². The Bertz CT molecular complexity index is 121. The van der Waals surface area contributed by atoms with Crippen molar-refractivity contribution in [3.8, 4) is 0 Å². The molecule has 1 heteroatoms. The van der Waals surface area contributed by atoms with Crippen LogP contribution in [0.2, 0.25) is 0 Å². The van der Waals surface area contributed by atoms with Gasteiger partial charge in [-0.05, 0) is 19.1 Å². The maximum absolute atomic E-state index is 8.68. The molecule has 0 atom stereocenters. The summed E-state index contributed by atoms with van der Waals surface area (Å²) in [6.45, 7) is 9.24. The molecule has 0 rings (SSSR count). The fraction of sp³-hybridized carbons (Fsp3) is 0.333. The van der Waals surface area contributed by atoms with E-state index in [-0.39, 0.29) is 5.76 Å². The third kappa shape index (κ3) is 10.1. The molecule has 58 valence electrons. The maximum atomic E-state index is 8.68. The van der Waals surface area contributed by atoms with Crippen LogP contribution in [0.15, 0.2) is 36.6 Å². The van der Waals surface area contributed by atoms with E-state index in [4.69, 9.17) is 5.11 Å². The molecule has 0 aliphatic heterocycles. The largest absolute Gasteiger partial charge is 0.508 e. The Balaban J connectivity index is 0. The first-order chi connectivity index (χ1) is 4.81. The Hall–Kier alpha value is -0.980. The Morgan fingerprint density at radius 2 is 1.90 bits per heavy atom. The molecular weight excluding hydrogens is 124 g/mol. The van der Waals surface area contributed by atoms with Crippen LogP contribution >= 0.6 is 0 Å². The summed E-state index contributed by atoms with van der Waals surface area (Å²) in [7, 11) is 0. The van der Waals surface area contributed by atoms with Gasteiger partial charge in [0, 0.05) is 0 Å². The van der Waals surface area contributed by atoms with Crippen LogP contribution in [0.3, 0.4) is 0 Å². The Morgan fingerprint density at radius 1 is 1.40 bits per heavy atom. The molecule has 0 fully saturated rings. The zero-order valence-electron chi connectivity index (χ0n) is 6.96. The van der Waals surface area contributed by atoms with E-state index in [2.05, 4.69) is 6.58 Å². The molecule has 10 heavy (non-hydrogen) atoms. The predicted molar refractivity (Wildman–Crippen MR) is 47.1 cm³/mol. The lowest BCUT2D eigenvalue weighted by Crippen LogP contribution is -1.66. The summed E-state index contributed by atoms with van der Waals surface area (Å²) in [5.41, 5.74) is 0. The number of allylic oxidation sites excluding steroid dienone is 4. The third-order valence-corrected chi connectivity index (χ3v) is 0.669. The quantitative estimate of drug-likeness (QED) is 0.461. The van der Waals surface area contributed by atoms with Crippen molar-refractivity contribution in [3.63, 3.8) is 0 Å². The lowest BCUT2D eigenvalue weighted by molar-refractivity contribution is 0.433. The number of rotatable bonds is 2. The highest BCUT2D eigenvalue weighted by Crippen LogP contribution is 1.87. The van der Waals surface area contributed by atoms with Crippen LogP contribution in [0.5, 0.6) is 0 Å². The van der Waals surface area contributed by atoms with Crippen LogP contribution in [0.1, 0.15) is 20.8 Å². The summed E-state index contributed by atoms with van der Waals surface area (Å²) in [5, 5.41) is 8.68. The average molecular weight is 140 g/mol. The molecule has 0 heterocycles. The maximum Gasteiger partial charge on any atom is 0.114 e. The van der Waals surface area contributed by atoms with E-state index < -0.39 is 0 Å². The Kier molecular flexibility index (Phi) is 12.8. The topological polar surface area (TPSA) is 20.2 Å². The van der Waals surface area contributed by atoms with Gasteiger partial charge in [-0.1, -0.05) is 32.6 Å². The second-order valence-corrected chi connectivity index (χ2v) is 1.32. The van der Waals surface area contributed by atoms with Gasteiger partial charge in [0.05, 0.1) is 0 Å². The molecule has 1 nitrogen and oxygen atoms in total. The summed E-state index contributed by atoms with van der Waals surface area (Å²) in [5.74, 6) is 0.197. The molecular formula is C9H16O. The lowest BCUT2D eigenvalue weighted by Gasteiger charge is -1.81. The zero-order chi connectivity index (χ0) is 8.41.